The van der Waals surface area contributed by atoms with Gasteiger partial charge >= 0.3 is 0 Å². The summed E-state index contributed by atoms with van der Waals surface area (Å²) >= 11 is 0. The smallest absolute Gasteiger partial charge is 0.264 e. The minimum atomic E-state index is -4.12. The molecule has 0 aliphatic carbocycles. The van der Waals surface area contributed by atoms with E-state index in [0.29, 0.717) is 5.56 Å². The third-order valence-electron chi connectivity index (χ3n) is 2.60. The van der Waals surface area contributed by atoms with E-state index in [1.807, 2.05) is 0 Å². The van der Waals surface area contributed by atoms with E-state index in [0.717, 1.165) is 18.2 Å². The van der Waals surface area contributed by atoms with Gasteiger partial charge in [-0.3, -0.25) is 4.72 Å². The molecule has 0 aromatic heterocycles. The van der Waals surface area contributed by atoms with E-state index in [-0.39, 0.29) is 12.2 Å². The van der Waals surface area contributed by atoms with Crippen LogP contribution < -0.4 is 10.5 Å². The maximum absolute atomic E-state index is 13.8. The minimum Gasteiger partial charge on any atom is -0.326 e. The Morgan fingerprint density at radius 1 is 1.10 bits per heavy atom. The second-order valence-corrected chi connectivity index (χ2v) is 5.74. The largest absolute Gasteiger partial charge is 0.326 e. The lowest BCUT2D eigenvalue weighted by atomic mass is 10.2. The molecule has 0 saturated heterocycles. The first-order valence-corrected chi connectivity index (χ1v) is 7.17. The molecular formula is C13H12F2N2O2S. The second-order valence-electron chi connectivity index (χ2n) is 4.08. The van der Waals surface area contributed by atoms with E-state index in [1.54, 1.807) is 0 Å². The molecule has 2 aromatic rings. The molecule has 20 heavy (non-hydrogen) atoms. The summed E-state index contributed by atoms with van der Waals surface area (Å²) in [6, 6.07) is 8.49. The number of benzene rings is 2. The fraction of sp³-hybridized carbons (Fsp3) is 0.0769. The molecule has 0 atom stereocenters. The van der Waals surface area contributed by atoms with E-state index < -0.39 is 26.6 Å². The van der Waals surface area contributed by atoms with Crippen LogP contribution in [0.1, 0.15) is 5.56 Å². The molecule has 0 bridgehead atoms. The van der Waals surface area contributed by atoms with Gasteiger partial charge in [0.1, 0.15) is 16.5 Å². The van der Waals surface area contributed by atoms with Crippen LogP contribution in [0, 0.1) is 11.6 Å². The van der Waals surface area contributed by atoms with Crippen molar-refractivity contribution in [3.05, 3.63) is 59.7 Å². The van der Waals surface area contributed by atoms with Crippen molar-refractivity contribution in [1.29, 1.82) is 0 Å². The van der Waals surface area contributed by atoms with Crippen LogP contribution in [0.3, 0.4) is 0 Å². The van der Waals surface area contributed by atoms with Crippen molar-refractivity contribution >= 4 is 15.7 Å². The summed E-state index contributed by atoms with van der Waals surface area (Å²) < 4.78 is 52.9. The van der Waals surface area contributed by atoms with Crippen molar-refractivity contribution in [2.75, 3.05) is 4.72 Å². The summed E-state index contributed by atoms with van der Waals surface area (Å²) in [4.78, 5) is -0.515. The number of anilines is 1. The Morgan fingerprint density at radius 3 is 2.45 bits per heavy atom. The van der Waals surface area contributed by atoms with Crippen LogP contribution in [0.15, 0.2) is 47.4 Å². The molecule has 7 heteroatoms. The Hall–Kier alpha value is -1.99. The fourth-order valence-electron chi connectivity index (χ4n) is 1.65. The normalized spacial score (nSPS) is 11.3. The third kappa shape index (κ3) is 3.12. The molecule has 0 radical (unpaired) electrons. The fourth-order valence-corrected chi connectivity index (χ4v) is 2.76. The summed E-state index contributed by atoms with van der Waals surface area (Å²) in [5, 5.41) is 0. The third-order valence-corrected chi connectivity index (χ3v) is 4.01. The molecule has 0 heterocycles. The Kier molecular flexibility index (Phi) is 4.01. The van der Waals surface area contributed by atoms with Crippen molar-refractivity contribution in [2.45, 2.75) is 11.4 Å². The van der Waals surface area contributed by atoms with Crippen LogP contribution in [0.2, 0.25) is 0 Å². The van der Waals surface area contributed by atoms with Crippen LogP contribution >= 0.6 is 0 Å². The summed E-state index contributed by atoms with van der Waals surface area (Å²) in [5.74, 6) is -1.50. The van der Waals surface area contributed by atoms with E-state index in [9.17, 15) is 17.2 Å². The standard InChI is InChI=1S/C13H12F2N2O2S/c14-10-2-1-3-11(7-10)17-20(18,19)13-5-4-9(8-16)6-12(13)15/h1-7,17H,8,16H2. The average molecular weight is 298 g/mol. The number of hydrogen-bond donors (Lipinski definition) is 2. The first kappa shape index (κ1) is 14.4. The topological polar surface area (TPSA) is 72.2 Å². The monoisotopic (exact) mass is 298 g/mol. The zero-order valence-electron chi connectivity index (χ0n) is 10.3. The van der Waals surface area contributed by atoms with Gasteiger partial charge in [-0.1, -0.05) is 12.1 Å². The van der Waals surface area contributed by atoms with Crippen molar-refractivity contribution in [3.63, 3.8) is 0 Å². The van der Waals surface area contributed by atoms with E-state index in [4.69, 9.17) is 5.73 Å². The Bertz CT molecular complexity index is 733. The molecule has 0 saturated carbocycles. The van der Waals surface area contributed by atoms with Gasteiger partial charge in [-0.15, -0.1) is 0 Å². The number of hydrogen-bond acceptors (Lipinski definition) is 3. The van der Waals surface area contributed by atoms with E-state index >= 15 is 0 Å². The Morgan fingerprint density at radius 2 is 1.85 bits per heavy atom. The van der Waals surface area contributed by atoms with Gasteiger partial charge in [-0.05, 0) is 35.9 Å². The first-order chi connectivity index (χ1) is 9.42. The number of sulfonamides is 1. The van der Waals surface area contributed by atoms with Gasteiger partial charge in [0.15, 0.2) is 0 Å². The van der Waals surface area contributed by atoms with Crippen LogP contribution in [0.5, 0.6) is 0 Å². The zero-order chi connectivity index (χ0) is 14.8. The lowest BCUT2D eigenvalue weighted by molar-refractivity contribution is 0.569. The van der Waals surface area contributed by atoms with Gasteiger partial charge in [0, 0.05) is 6.54 Å². The highest BCUT2D eigenvalue weighted by molar-refractivity contribution is 7.92. The summed E-state index contributed by atoms with van der Waals surface area (Å²) in [6.45, 7) is 0.106. The summed E-state index contributed by atoms with van der Waals surface area (Å²) in [7, 11) is -4.12. The molecule has 3 N–H and O–H groups in total. The van der Waals surface area contributed by atoms with Crippen LogP contribution in [-0.4, -0.2) is 8.42 Å². The molecule has 0 amide bonds. The van der Waals surface area contributed by atoms with E-state index in [1.165, 1.54) is 24.3 Å². The quantitative estimate of drug-likeness (QED) is 0.909. The lowest BCUT2D eigenvalue weighted by Gasteiger charge is -2.09. The molecule has 0 unspecified atom stereocenters. The Balaban J connectivity index is 2.36. The second kappa shape index (κ2) is 5.56. The van der Waals surface area contributed by atoms with E-state index in [2.05, 4.69) is 4.72 Å². The van der Waals surface area contributed by atoms with Crippen LogP contribution in [0.4, 0.5) is 14.5 Å². The SMILES string of the molecule is NCc1ccc(S(=O)(=O)Nc2cccc(F)c2)c(F)c1. The van der Waals surface area contributed by atoms with Crippen molar-refractivity contribution < 1.29 is 17.2 Å². The van der Waals surface area contributed by atoms with Crippen LogP contribution in [0.25, 0.3) is 0 Å². The minimum absolute atomic E-state index is 0.0206. The van der Waals surface area contributed by atoms with Gasteiger partial charge < -0.3 is 5.73 Å². The highest BCUT2D eigenvalue weighted by atomic mass is 32.2. The molecule has 0 aliphatic heterocycles. The Labute approximate surface area is 115 Å². The van der Waals surface area contributed by atoms with Gasteiger partial charge in [-0.2, -0.15) is 0 Å². The van der Waals surface area contributed by atoms with Gasteiger partial charge in [0.2, 0.25) is 0 Å². The molecule has 0 spiro atoms. The van der Waals surface area contributed by atoms with Gasteiger partial charge in [-0.25, -0.2) is 17.2 Å². The lowest BCUT2D eigenvalue weighted by Crippen LogP contribution is -2.15. The summed E-state index contributed by atoms with van der Waals surface area (Å²) in [5.41, 5.74) is 5.84. The molecule has 2 aromatic carbocycles. The van der Waals surface area contributed by atoms with Crippen molar-refractivity contribution in [1.82, 2.24) is 0 Å². The number of nitrogens with two attached hydrogens (primary N) is 1. The number of rotatable bonds is 4. The van der Waals surface area contributed by atoms with Crippen molar-refractivity contribution in [3.8, 4) is 0 Å². The zero-order valence-corrected chi connectivity index (χ0v) is 11.1. The van der Waals surface area contributed by atoms with Gasteiger partial charge in [0.05, 0.1) is 5.69 Å². The van der Waals surface area contributed by atoms with Gasteiger partial charge in [0.25, 0.3) is 10.0 Å². The first-order valence-electron chi connectivity index (χ1n) is 5.69. The molecule has 2 rings (SSSR count). The highest BCUT2D eigenvalue weighted by Crippen LogP contribution is 2.20. The number of nitrogens with one attached hydrogen (secondary N) is 1. The predicted octanol–water partition coefficient (Wildman–Crippen LogP) is 2.22. The maximum atomic E-state index is 13.8. The predicted molar refractivity (Wildman–Crippen MR) is 71.5 cm³/mol. The molecular weight excluding hydrogens is 286 g/mol. The van der Waals surface area contributed by atoms with Crippen LogP contribution in [-0.2, 0) is 16.6 Å². The highest BCUT2D eigenvalue weighted by Gasteiger charge is 2.19. The molecule has 0 aliphatic rings. The molecule has 4 nitrogen and oxygen atoms in total. The maximum Gasteiger partial charge on any atom is 0.264 e. The average Bonchev–Trinajstić information content (AvgIpc) is 2.37. The number of halogens is 2. The molecule has 0 fully saturated rings. The molecule has 106 valence electrons. The van der Waals surface area contributed by atoms with Crippen molar-refractivity contribution in [2.24, 2.45) is 5.73 Å². The summed E-state index contributed by atoms with van der Waals surface area (Å²) in [6.07, 6.45) is 0.